The van der Waals surface area contributed by atoms with Gasteiger partial charge in [0.2, 0.25) is 10.0 Å². The highest BCUT2D eigenvalue weighted by atomic mass is 32.2. The summed E-state index contributed by atoms with van der Waals surface area (Å²) in [5.41, 5.74) is 0.155. The highest BCUT2D eigenvalue weighted by molar-refractivity contribution is 7.89. The first-order valence-corrected chi connectivity index (χ1v) is 12.0. The summed E-state index contributed by atoms with van der Waals surface area (Å²) in [7, 11) is -3.88. The Morgan fingerprint density at radius 2 is 1.87 bits per heavy atom. The van der Waals surface area contributed by atoms with Crippen LogP contribution in [0.2, 0.25) is 0 Å². The zero-order valence-corrected chi connectivity index (χ0v) is 19.2. The van der Waals surface area contributed by atoms with E-state index in [-0.39, 0.29) is 29.7 Å². The Balaban J connectivity index is 2.35. The molecule has 2 rings (SSSR count). The maximum Gasteiger partial charge on any atom is 0.270 e. The maximum atomic E-state index is 13.2. The third-order valence-corrected chi connectivity index (χ3v) is 7.30. The first-order valence-electron chi connectivity index (χ1n) is 10.5. The molecule has 0 aliphatic carbocycles. The lowest BCUT2D eigenvalue weighted by Gasteiger charge is -2.32. The smallest absolute Gasteiger partial charge is 0.270 e. The number of hydrogen-bond acceptors (Lipinski definition) is 7. The number of morpholine rings is 1. The molecular weight excluding hydrogens is 408 g/mol. The summed E-state index contributed by atoms with van der Waals surface area (Å²) in [6, 6.07) is 4.23. The largest absolute Gasteiger partial charge is 0.382 e. The summed E-state index contributed by atoms with van der Waals surface area (Å²) in [6.45, 7) is 12.0. The number of nitro groups is 1. The second-order valence-corrected chi connectivity index (χ2v) is 9.75. The Morgan fingerprint density at radius 3 is 2.40 bits per heavy atom. The molecule has 0 spiro atoms. The second kappa shape index (κ2) is 11.0. The third-order valence-electron chi connectivity index (χ3n) is 5.36. The van der Waals surface area contributed by atoms with E-state index < -0.39 is 14.9 Å². The molecule has 0 unspecified atom stereocenters. The quantitative estimate of drug-likeness (QED) is 0.415. The molecule has 1 aliphatic rings. The zero-order valence-electron chi connectivity index (χ0n) is 18.3. The zero-order chi connectivity index (χ0) is 22.3. The molecule has 10 heteroatoms. The molecule has 0 aromatic heterocycles. The number of sulfonamides is 1. The summed E-state index contributed by atoms with van der Waals surface area (Å²) in [5, 5.41) is 14.5. The van der Waals surface area contributed by atoms with E-state index in [1.165, 1.54) is 16.4 Å². The molecule has 1 aromatic carbocycles. The SMILES string of the molecule is CCN(CC)[C@H](CNc1ccc([N+](=O)[O-])cc1S(=O)(=O)N1CCOCC1)CC(C)C. The van der Waals surface area contributed by atoms with Gasteiger partial charge >= 0.3 is 0 Å². The van der Waals surface area contributed by atoms with Gasteiger partial charge in [0.15, 0.2) is 0 Å². The highest BCUT2D eigenvalue weighted by Gasteiger charge is 2.30. The van der Waals surface area contributed by atoms with Crippen LogP contribution in [0.4, 0.5) is 11.4 Å². The normalized spacial score (nSPS) is 16.7. The van der Waals surface area contributed by atoms with Gasteiger partial charge in [0.25, 0.3) is 5.69 Å². The summed E-state index contributed by atoms with van der Waals surface area (Å²) in [5.74, 6) is 0.491. The van der Waals surface area contributed by atoms with Crippen LogP contribution in [0.5, 0.6) is 0 Å². The van der Waals surface area contributed by atoms with E-state index in [1.54, 1.807) is 0 Å². The van der Waals surface area contributed by atoms with Crippen molar-refractivity contribution in [3.05, 3.63) is 28.3 Å². The molecule has 1 N–H and O–H groups in total. The van der Waals surface area contributed by atoms with Gasteiger partial charge in [-0.2, -0.15) is 4.31 Å². The van der Waals surface area contributed by atoms with Crippen molar-refractivity contribution in [1.82, 2.24) is 9.21 Å². The van der Waals surface area contributed by atoms with Crippen molar-refractivity contribution >= 4 is 21.4 Å². The fourth-order valence-electron chi connectivity index (χ4n) is 3.78. The van der Waals surface area contributed by atoms with Gasteiger partial charge in [-0.25, -0.2) is 8.42 Å². The van der Waals surface area contributed by atoms with Gasteiger partial charge in [-0.1, -0.05) is 27.7 Å². The Kier molecular flexibility index (Phi) is 9.02. The predicted octanol–water partition coefficient (Wildman–Crippen LogP) is 2.78. The number of likely N-dealkylation sites (N-methyl/N-ethyl adjacent to an activating group) is 1. The molecule has 0 radical (unpaired) electrons. The molecule has 0 saturated carbocycles. The van der Waals surface area contributed by atoms with Crippen LogP contribution in [0.25, 0.3) is 0 Å². The van der Waals surface area contributed by atoms with Gasteiger partial charge < -0.3 is 10.1 Å². The molecule has 30 heavy (non-hydrogen) atoms. The van der Waals surface area contributed by atoms with E-state index in [9.17, 15) is 18.5 Å². The number of nitro benzene ring substituents is 1. The van der Waals surface area contributed by atoms with Crippen LogP contribution in [0.1, 0.15) is 34.1 Å². The number of nitrogens with one attached hydrogen (secondary N) is 1. The number of ether oxygens (including phenoxy) is 1. The number of rotatable bonds is 11. The minimum Gasteiger partial charge on any atom is -0.382 e. The summed E-state index contributed by atoms with van der Waals surface area (Å²) >= 11 is 0. The molecule has 1 fully saturated rings. The number of nitrogens with zero attached hydrogens (tertiary/aromatic N) is 3. The molecule has 1 aliphatic heterocycles. The Morgan fingerprint density at radius 1 is 1.23 bits per heavy atom. The fraction of sp³-hybridized carbons (Fsp3) is 0.700. The maximum absolute atomic E-state index is 13.2. The Labute approximate surface area is 179 Å². The molecule has 1 heterocycles. The van der Waals surface area contributed by atoms with Crippen LogP contribution in [0.15, 0.2) is 23.1 Å². The van der Waals surface area contributed by atoms with Gasteiger partial charge in [-0.3, -0.25) is 15.0 Å². The highest BCUT2D eigenvalue weighted by Crippen LogP contribution is 2.30. The van der Waals surface area contributed by atoms with E-state index in [0.717, 1.165) is 25.6 Å². The minimum absolute atomic E-state index is 0.0542. The van der Waals surface area contributed by atoms with Crippen LogP contribution in [-0.2, 0) is 14.8 Å². The number of anilines is 1. The molecule has 1 aromatic rings. The molecule has 0 amide bonds. The summed E-state index contributed by atoms with van der Waals surface area (Å²) in [6.07, 6.45) is 0.965. The first-order chi connectivity index (χ1) is 14.2. The van der Waals surface area contributed by atoms with Gasteiger partial charge in [0.05, 0.1) is 23.8 Å². The monoisotopic (exact) mass is 442 g/mol. The number of benzene rings is 1. The lowest BCUT2D eigenvalue weighted by Crippen LogP contribution is -2.42. The third kappa shape index (κ3) is 6.13. The standard InChI is InChI=1S/C20H34N4O5S/c1-5-22(6-2)18(13-16(3)4)15-21-19-8-7-17(24(25)26)14-20(19)30(27,28)23-9-11-29-12-10-23/h7-8,14,16,18,21H,5-6,9-13,15H2,1-4H3/t18-/m0/s1. The average Bonchev–Trinajstić information content (AvgIpc) is 2.72. The Hall–Kier alpha value is -1.75. The van der Waals surface area contributed by atoms with E-state index >= 15 is 0 Å². The molecular formula is C20H34N4O5S. The summed E-state index contributed by atoms with van der Waals surface area (Å²) < 4.78 is 33.1. The van der Waals surface area contributed by atoms with Crippen molar-refractivity contribution in [2.45, 2.75) is 45.1 Å². The van der Waals surface area contributed by atoms with Gasteiger partial charge in [0.1, 0.15) is 4.90 Å². The van der Waals surface area contributed by atoms with Crippen molar-refractivity contribution in [3.63, 3.8) is 0 Å². The van der Waals surface area contributed by atoms with Crippen LogP contribution < -0.4 is 5.32 Å². The molecule has 1 atom stereocenters. The van der Waals surface area contributed by atoms with Gasteiger partial charge in [-0.15, -0.1) is 0 Å². The van der Waals surface area contributed by atoms with E-state index in [4.69, 9.17) is 4.74 Å². The lowest BCUT2D eigenvalue weighted by molar-refractivity contribution is -0.385. The van der Waals surface area contributed by atoms with E-state index in [0.29, 0.717) is 31.4 Å². The molecule has 9 nitrogen and oxygen atoms in total. The molecule has 1 saturated heterocycles. The summed E-state index contributed by atoms with van der Waals surface area (Å²) in [4.78, 5) is 13.0. The van der Waals surface area contributed by atoms with Crippen molar-refractivity contribution in [2.75, 3.05) is 51.3 Å². The topological polar surface area (TPSA) is 105 Å². The lowest BCUT2D eigenvalue weighted by atomic mass is 10.0. The van der Waals surface area contributed by atoms with Crippen LogP contribution in [0, 0.1) is 16.0 Å². The van der Waals surface area contributed by atoms with Crippen LogP contribution in [0.3, 0.4) is 0 Å². The number of non-ortho nitro benzene ring substituents is 1. The van der Waals surface area contributed by atoms with Crippen LogP contribution >= 0.6 is 0 Å². The fourth-order valence-corrected chi connectivity index (χ4v) is 5.38. The number of hydrogen-bond donors (Lipinski definition) is 1. The van der Waals surface area contributed by atoms with Crippen molar-refractivity contribution in [2.24, 2.45) is 5.92 Å². The average molecular weight is 443 g/mol. The van der Waals surface area contributed by atoms with E-state index in [1.807, 2.05) is 0 Å². The van der Waals surface area contributed by atoms with Crippen LogP contribution in [-0.4, -0.2) is 74.5 Å². The minimum atomic E-state index is -3.88. The molecule has 0 bridgehead atoms. The molecule has 170 valence electrons. The Bertz CT molecular complexity index is 805. The van der Waals surface area contributed by atoms with E-state index in [2.05, 4.69) is 37.9 Å². The van der Waals surface area contributed by atoms with Gasteiger partial charge in [-0.05, 0) is 31.5 Å². The van der Waals surface area contributed by atoms with Crippen molar-refractivity contribution in [1.29, 1.82) is 0 Å². The van der Waals surface area contributed by atoms with Gasteiger partial charge in [0, 0.05) is 37.8 Å². The second-order valence-electron chi connectivity index (χ2n) is 7.84. The predicted molar refractivity (Wildman–Crippen MR) is 117 cm³/mol. The first kappa shape index (κ1) is 24.5. The van der Waals surface area contributed by atoms with Crippen molar-refractivity contribution in [3.8, 4) is 0 Å². The van der Waals surface area contributed by atoms with Crippen molar-refractivity contribution < 1.29 is 18.1 Å².